The quantitative estimate of drug-likeness (QED) is 0.274. The van der Waals surface area contributed by atoms with E-state index in [1.807, 2.05) is 19.9 Å². The summed E-state index contributed by atoms with van der Waals surface area (Å²) in [5.41, 5.74) is 0.223. The second-order valence-electron chi connectivity index (χ2n) is 8.88. The molecule has 1 atom stereocenters. The Bertz CT molecular complexity index is 1550. The molecule has 3 N–H and O–H groups in total. The maximum absolute atomic E-state index is 13.1. The summed E-state index contributed by atoms with van der Waals surface area (Å²) >= 11 is 2.15. The maximum atomic E-state index is 13.1. The number of anilines is 1. The number of thioether (sulfide) groups is 1. The number of carbonyl (C=O) groups excluding carboxylic acids is 1. The molecule has 0 saturated carbocycles. The lowest BCUT2D eigenvalue weighted by atomic mass is 10.2. The van der Waals surface area contributed by atoms with Gasteiger partial charge >= 0.3 is 7.60 Å². The van der Waals surface area contributed by atoms with E-state index in [2.05, 4.69) is 15.5 Å². The number of ether oxygens (including phenoxy) is 2. The minimum absolute atomic E-state index is 0.155. The van der Waals surface area contributed by atoms with E-state index in [1.165, 1.54) is 30.3 Å². The Morgan fingerprint density at radius 3 is 2.44 bits per heavy atom. The van der Waals surface area contributed by atoms with E-state index >= 15 is 0 Å². The van der Waals surface area contributed by atoms with Gasteiger partial charge in [0.15, 0.2) is 14.8 Å². The average Bonchev–Trinajstić information content (AvgIpc) is 3.31. The van der Waals surface area contributed by atoms with Gasteiger partial charge in [-0.05, 0) is 63.1 Å². The van der Waals surface area contributed by atoms with Gasteiger partial charge in [-0.3, -0.25) is 14.7 Å². The minimum Gasteiger partial charge on any atom is -0.491 e. The molecule has 0 saturated heterocycles. The second-order valence-corrected chi connectivity index (χ2v) is 15.3. The van der Waals surface area contributed by atoms with E-state index in [-0.39, 0.29) is 21.7 Å². The predicted molar refractivity (Wildman–Crippen MR) is 150 cm³/mol. The van der Waals surface area contributed by atoms with Crippen LogP contribution < -0.4 is 14.8 Å². The molecule has 1 aromatic heterocycles. The summed E-state index contributed by atoms with van der Waals surface area (Å²) in [4.78, 5) is 32.1. The van der Waals surface area contributed by atoms with Crippen molar-refractivity contribution in [1.29, 1.82) is 0 Å². The molecular formula is C24H26N3O8PS3. The first kappa shape index (κ1) is 29.2. The van der Waals surface area contributed by atoms with Crippen molar-refractivity contribution >= 4 is 56.5 Å². The summed E-state index contributed by atoms with van der Waals surface area (Å²) in [5.74, 6) is 0.569. The molecule has 1 unspecified atom stereocenters. The van der Waals surface area contributed by atoms with E-state index in [0.717, 1.165) is 29.4 Å². The second kappa shape index (κ2) is 11.8. The van der Waals surface area contributed by atoms with Crippen LogP contribution in [0.3, 0.4) is 0 Å². The van der Waals surface area contributed by atoms with Gasteiger partial charge in [0.1, 0.15) is 22.2 Å². The predicted octanol–water partition coefficient (Wildman–Crippen LogP) is 5.15. The van der Waals surface area contributed by atoms with Crippen molar-refractivity contribution in [2.24, 2.45) is 0 Å². The summed E-state index contributed by atoms with van der Waals surface area (Å²) in [7, 11) is -7.61. The lowest BCUT2D eigenvalue weighted by Crippen LogP contribution is -2.13. The first-order valence-corrected chi connectivity index (χ1v) is 16.9. The number of nitrogens with zero attached hydrogens (tertiary/aromatic N) is 2. The molecule has 11 nitrogen and oxygen atoms in total. The average molecular weight is 612 g/mol. The lowest BCUT2D eigenvalue weighted by Gasteiger charge is -2.21. The molecule has 2 aromatic carbocycles. The highest BCUT2D eigenvalue weighted by molar-refractivity contribution is 8.13. The number of hydrogen-bond acceptors (Lipinski definition) is 10. The molecule has 208 valence electrons. The number of carbonyl (C=O) groups is 1. The number of allylic oxidation sites excluding steroid dienone is 1. The Kier molecular flexibility index (Phi) is 8.84. The number of rotatable bonds is 9. The van der Waals surface area contributed by atoms with Crippen LogP contribution in [-0.4, -0.2) is 51.7 Å². The van der Waals surface area contributed by atoms with Crippen LogP contribution in [-0.2, 0) is 14.4 Å². The minimum atomic E-state index is -4.25. The fourth-order valence-corrected chi connectivity index (χ4v) is 7.37. The number of sulfone groups is 1. The largest absolute Gasteiger partial charge is 0.491 e. The molecule has 3 aromatic rings. The van der Waals surface area contributed by atoms with E-state index in [1.54, 1.807) is 12.1 Å². The molecule has 39 heavy (non-hydrogen) atoms. The number of aromatic nitrogens is 2. The Morgan fingerprint density at radius 2 is 1.79 bits per heavy atom. The zero-order valence-corrected chi connectivity index (χ0v) is 24.4. The molecule has 2 heterocycles. The highest BCUT2D eigenvalue weighted by atomic mass is 32.2. The van der Waals surface area contributed by atoms with Crippen molar-refractivity contribution in [3.63, 3.8) is 0 Å². The Labute approximate surface area is 233 Å². The van der Waals surface area contributed by atoms with Gasteiger partial charge < -0.3 is 19.3 Å². The summed E-state index contributed by atoms with van der Waals surface area (Å²) in [6, 6.07) is 10.6. The number of nitrogens with one attached hydrogen (secondary N) is 1. The molecule has 1 amide bonds. The molecule has 0 aliphatic carbocycles. The third kappa shape index (κ3) is 7.90. The van der Waals surface area contributed by atoms with Crippen molar-refractivity contribution in [2.75, 3.05) is 11.6 Å². The van der Waals surface area contributed by atoms with E-state index in [4.69, 9.17) is 9.47 Å². The topological polar surface area (TPSA) is 165 Å². The highest BCUT2D eigenvalue weighted by Crippen LogP contribution is 2.55. The summed E-state index contributed by atoms with van der Waals surface area (Å²) in [5, 5.41) is 11.4. The molecule has 15 heteroatoms. The zero-order chi connectivity index (χ0) is 28.4. The normalized spacial score (nSPS) is 16.1. The van der Waals surface area contributed by atoms with Crippen molar-refractivity contribution in [2.45, 2.75) is 42.7 Å². The molecule has 1 aliphatic rings. The van der Waals surface area contributed by atoms with E-state index < -0.39 is 28.3 Å². The van der Waals surface area contributed by atoms with Crippen molar-refractivity contribution in [3.05, 3.63) is 59.1 Å². The van der Waals surface area contributed by atoms with Crippen LogP contribution in [0, 0.1) is 0 Å². The SMILES string of the molecule is CC(C)Oc1cc(Oc2ccc(S(C)(=O)=O)cc2)cc(C(=O)Nc2nnc(C3=CCCC(P(=O)(O)O)S3)s2)c1. The number of hydrogen-bond donors (Lipinski definition) is 3. The van der Waals surface area contributed by atoms with Crippen molar-refractivity contribution in [3.8, 4) is 17.2 Å². The molecular weight excluding hydrogens is 585 g/mol. The highest BCUT2D eigenvalue weighted by Gasteiger charge is 2.33. The van der Waals surface area contributed by atoms with Gasteiger partial charge in [0, 0.05) is 22.8 Å². The van der Waals surface area contributed by atoms with Crippen LogP contribution in [0.25, 0.3) is 4.91 Å². The fourth-order valence-electron chi connectivity index (χ4n) is 3.52. The van der Waals surface area contributed by atoms with Gasteiger partial charge in [-0.1, -0.05) is 17.4 Å². The molecule has 4 rings (SSSR count). The fraction of sp³-hybridized carbons (Fsp3) is 0.292. The Hall–Kier alpha value is -2.74. The van der Waals surface area contributed by atoms with Gasteiger partial charge in [-0.2, -0.15) is 0 Å². The Morgan fingerprint density at radius 1 is 1.10 bits per heavy atom. The monoisotopic (exact) mass is 611 g/mol. The van der Waals surface area contributed by atoms with Gasteiger partial charge in [-0.15, -0.1) is 22.0 Å². The van der Waals surface area contributed by atoms with Gasteiger partial charge in [-0.25, -0.2) is 8.42 Å². The van der Waals surface area contributed by atoms with E-state index in [0.29, 0.717) is 40.0 Å². The number of amides is 1. The van der Waals surface area contributed by atoms with E-state index in [9.17, 15) is 27.6 Å². The summed E-state index contributed by atoms with van der Waals surface area (Å²) in [6.07, 6.45) is 3.66. The van der Waals surface area contributed by atoms with Crippen molar-refractivity contribution < 1.29 is 37.0 Å². The van der Waals surface area contributed by atoms with Gasteiger partial charge in [0.2, 0.25) is 5.13 Å². The van der Waals surface area contributed by atoms with Crippen molar-refractivity contribution in [1.82, 2.24) is 10.2 Å². The summed E-state index contributed by atoms with van der Waals surface area (Å²) in [6.45, 7) is 3.68. The van der Waals surface area contributed by atoms with Crippen LogP contribution in [0.2, 0.25) is 0 Å². The lowest BCUT2D eigenvalue weighted by molar-refractivity contribution is 0.102. The molecule has 0 spiro atoms. The van der Waals surface area contributed by atoms with Crippen LogP contribution in [0.5, 0.6) is 17.2 Å². The number of benzene rings is 2. The zero-order valence-electron chi connectivity index (χ0n) is 21.1. The van der Waals surface area contributed by atoms with Crippen LogP contribution in [0.4, 0.5) is 5.13 Å². The first-order chi connectivity index (χ1) is 18.3. The summed E-state index contributed by atoms with van der Waals surface area (Å²) < 4.78 is 46.8. The van der Waals surface area contributed by atoms with Crippen LogP contribution >= 0.6 is 30.7 Å². The molecule has 0 fully saturated rings. The third-order valence-electron chi connectivity index (χ3n) is 5.24. The molecule has 1 aliphatic heterocycles. The first-order valence-electron chi connectivity index (χ1n) is 11.6. The van der Waals surface area contributed by atoms with Crippen LogP contribution in [0.1, 0.15) is 42.1 Å². The van der Waals surface area contributed by atoms with Gasteiger partial charge in [0.25, 0.3) is 5.91 Å². The molecule has 0 radical (unpaired) electrons. The maximum Gasteiger partial charge on any atom is 0.338 e. The van der Waals surface area contributed by atoms with Gasteiger partial charge in [0.05, 0.1) is 11.0 Å². The smallest absolute Gasteiger partial charge is 0.338 e. The van der Waals surface area contributed by atoms with Crippen LogP contribution in [0.15, 0.2) is 53.4 Å². The molecule has 0 bridgehead atoms. The standard InChI is InChI=1S/C24H26N3O8PS3/c1-14(2)34-17-11-15(12-18(13-17)35-16-7-9-19(10-8-16)39(3,32)33)22(28)25-24-27-26-23(38-24)20-5-4-6-21(37-20)36(29,30)31/h5,7-14,21H,4,6H2,1-3H3,(H,25,27,28)(H2,29,30,31). The Balaban J connectivity index is 1.52. The third-order valence-corrected chi connectivity index (χ3v) is 10.6.